The van der Waals surface area contributed by atoms with E-state index >= 15 is 0 Å². The van der Waals surface area contributed by atoms with E-state index in [0.717, 1.165) is 0 Å². The Morgan fingerprint density at radius 1 is 1.22 bits per heavy atom. The highest BCUT2D eigenvalue weighted by Gasteiger charge is 1.99. The standard InChI is InChI=1S/C5H3F2NO/c6-4-1-5(7)3-8(9)2-4/h1-3H. The van der Waals surface area contributed by atoms with Crippen LogP contribution in [0.1, 0.15) is 0 Å². The van der Waals surface area contributed by atoms with Crippen molar-refractivity contribution in [2.75, 3.05) is 0 Å². The molecule has 0 N–H and O–H groups in total. The minimum atomic E-state index is -0.870. The van der Waals surface area contributed by atoms with Gasteiger partial charge in [0.05, 0.1) is 0 Å². The van der Waals surface area contributed by atoms with Crippen LogP contribution in [-0.4, -0.2) is 0 Å². The second-order valence-electron chi connectivity index (χ2n) is 1.53. The average Bonchev–Trinajstić information content (AvgIpc) is 1.59. The monoisotopic (exact) mass is 131 g/mol. The van der Waals surface area contributed by atoms with Gasteiger partial charge >= 0.3 is 0 Å². The maximum absolute atomic E-state index is 12.0. The molecule has 48 valence electrons. The number of halogens is 2. The minimum Gasteiger partial charge on any atom is -0.619 e. The van der Waals surface area contributed by atoms with E-state index in [1.54, 1.807) is 0 Å². The van der Waals surface area contributed by atoms with Crippen LogP contribution >= 0.6 is 0 Å². The lowest BCUT2D eigenvalue weighted by atomic mass is 10.5. The topological polar surface area (TPSA) is 26.9 Å². The van der Waals surface area contributed by atoms with Gasteiger partial charge in [0.2, 0.25) is 12.4 Å². The molecule has 4 heteroatoms. The smallest absolute Gasteiger partial charge is 0.216 e. The molecule has 0 aliphatic carbocycles. The van der Waals surface area contributed by atoms with Crippen molar-refractivity contribution in [2.24, 2.45) is 0 Å². The number of pyridine rings is 1. The molecule has 2 nitrogen and oxygen atoms in total. The maximum Gasteiger partial charge on any atom is 0.216 e. The summed E-state index contributed by atoms with van der Waals surface area (Å²) in [5.41, 5.74) is 0. The summed E-state index contributed by atoms with van der Waals surface area (Å²) in [6.07, 6.45) is 1.28. The van der Waals surface area contributed by atoms with E-state index in [1.807, 2.05) is 0 Å². The van der Waals surface area contributed by atoms with Crippen LogP contribution < -0.4 is 4.73 Å². The molecule has 0 aliphatic heterocycles. The van der Waals surface area contributed by atoms with E-state index in [4.69, 9.17) is 0 Å². The second-order valence-corrected chi connectivity index (χ2v) is 1.53. The van der Waals surface area contributed by atoms with E-state index in [-0.39, 0.29) is 4.73 Å². The molecule has 0 unspecified atom stereocenters. The van der Waals surface area contributed by atoms with Gasteiger partial charge < -0.3 is 5.21 Å². The molecule has 0 spiro atoms. The van der Waals surface area contributed by atoms with Crippen molar-refractivity contribution in [1.82, 2.24) is 0 Å². The van der Waals surface area contributed by atoms with Gasteiger partial charge in [-0.05, 0) is 0 Å². The molecule has 0 saturated heterocycles. The van der Waals surface area contributed by atoms with Gasteiger partial charge in [0.25, 0.3) is 0 Å². The highest BCUT2D eigenvalue weighted by molar-refractivity contribution is 4.91. The lowest BCUT2D eigenvalue weighted by molar-refractivity contribution is -0.608. The van der Waals surface area contributed by atoms with Gasteiger partial charge in [-0.2, -0.15) is 4.73 Å². The first kappa shape index (κ1) is 5.94. The van der Waals surface area contributed by atoms with Crippen LogP contribution in [0.4, 0.5) is 8.78 Å². The number of nitrogens with zero attached hydrogens (tertiary/aromatic N) is 1. The molecule has 9 heavy (non-hydrogen) atoms. The zero-order valence-electron chi connectivity index (χ0n) is 4.34. The second kappa shape index (κ2) is 1.97. The Labute approximate surface area is 49.9 Å². The van der Waals surface area contributed by atoms with Crippen molar-refractivity contribution >= 4 is 0 Å². The number of hydrogen-bond acceptors (Lipinski definition) is 1. The average molecular weight is 131 g/mol. The van der Waals surface area contributed by atoms with Crippen molar-refractivity contribution in [1.29, 1.82) is 0 Å². The summed E-state index contributed by atoms with van der Waals surface area (Å²) in [6, 6.07) is 0.633. The van der Waals surface area contributed by atoms with Crippen LogP contribution in [0.2, 0.25) is 0 Å². The zero-order valence-corrected chi connectivity index (χ0v) is 4.34. The molecule has 0 bridgehead atoms. The summed E-state index contributed by atoms with van der Waals surface area (Å²) in [4.78, 5) is 0. The van der Waals surface area contributed by atoms with E-state index < -0.39 is 11.6 Å². The third-order valence-electron chi connectivity index (χ3n) is 0.777. The van der Waals surface area contributed by atoms with E-state index in [1.165, 1.54) is 0 Å². The summed E-state index contributed by atoms with van der Waals surface area (Å²) < 4.78 is 24.0. The van der Waals surface area contributed by atoms with E-state index in [2.05, 4.69) is 0 Å². The molecule has 0 saturated carbocycles. The molecular weight excluding hydrogens is 128 g/mol. The van der Waals surface area contributed by atoms with Crippen LogP contribution in [0, 0.1) is 16.8 Å². The Morgan fingerprint density at radius 2 is 1.67 bits per heavy atom. The van der Waals surface area contributed by atoms with Crippen molar-refractivity contribution in [3.63, 3.8) is 0 Å². The fourth-order valence-electron chi connectivity index (χ4n) is 0.487. The SMILES string of the molecule is [O-][n+]1cc(F)cc(F)c1. The first-order chi connectivity index (χ1) is 4.18. The molecule has 0 aliphatic rings. The number of aromatic nitrogens is 1. The lowest BCUT2D eigenvalue weighted by Crippen LogP contribution is -2.25. The third-order valence-corrected chi connectivity index (χ3v) is 0.777. The number of rotatable bonds is 0. The Hall–Kier alpha value is -1.19. The predicted octanol–water partition coefficient (Wildman–Crippen LogP) is 0.598. The molecule has 0 radical (unpaired) electrons. The molecule has 0 fully saturated rings. The normalized spacial score (nSPS) is 9.56. The van der Waals surface area contributed by atoms with Crippen LogP contribution in [0.3, 0.4) is 0 Å². The van der Waals surface area contributed by atoms with Crippen LogP contribution in [0.25, 0.3) is 0 Å². The summed E-state index contributed by atoms with van der Waals surface area (Å²) in [7, 11) is 0. The van der Waals surface area contributed by atoms with E-state index in [9.17, 15) is 14.0 Å². The van der Waals surface area contributed by atoms with Crippen molar-refractivity contribution < 1.29 is 13.5 Å². The molecule has 1 heterocycles. The van der Waals surface area contributed by atoms with Crippen LogP contribution in [0.15, 0.2) is 18.5 Å². The molecule has 1 aromatic rings. The number of hydrogen-bond donors (Lipinski definition) is 0. The minimum absolute atomic E-state index is 0.0741. The van der Waals surface area contributed by atoms with E-state index in [0.29, 0.717) is 18.5 Å². The molecule has 1 rings (SSSR count). The third kappa shape index (κ3) is 1.35. The summed E-state index contributed by atoms with van der Waals surface area (Å²) in [6.45, 7) is 0. The van der Waals surface area contributed by atoms with Crippen LogP contribution in [-0.2, 0) is 0 Å². The predicted molar refractivity (Wildman–Crippen MR) is 25.3 cm³/mol. The fourth-order valence-corrected chi connectivity index (χ4v) is 0.487. The van der Waals surface area contributed by atoms with Gasteiger partial charge in [-0.15, -0.1) is 0 Å². The fraction of sp³-hybridized carbons (Fsp3) is 0. The van der Waals surface area contributed by atoms with Crippen LogP contribution in [0.5, 0.6) is 0 Å². The van der Waals surface area contributed by atoms with Gasteiger partial charge in [-0.3, -0.25) is 0 Å². The molecule has 0 amide bonds. The van der Waals surface area contributed by atoms with Crippen molar-refractivity contribution in [2.45, 2.75) is 0 Å². The van der Waals surface area contributed by atoms with Gasteiger partial charge in [-0.25, -0.2) is 8.78 Å². The molecular formula is C5H3F2NO. The zero-order chi connectivity index (χ0) is 6.85. The molecule has 1 aromatic heterocycles. The Bertz CT molecular complexity index is 176. The first-order valence-electron chi connectivity index (χ1n) is 2.23. The quantitative estimate of drug-likeness (QED) is 0.374. The highest BCUT2D eigenvalue weighted by Crippen LogP contribution is 1.94. The maximum atomic E-state index is 12.0. The summed E-state index contributed by atoms with van der Waals surface area (Å²) >= 11 is 0. The van der Waals surface area contributed by atoms with Crippen molar-refractivity contribution in [3.05, 3.63) is 35.3 Å². The first-order valence-corrected chi connectivity index (χ1v) is 2.23. The summed E-state index contributed by atoms with van der Waals surface area (Å²) in [5.74, 6) is -1.74. The Kier molecular flexibility index (Phi) is 1.30. The largest absolute Gasteiger partial charge is 0.619 e. The van der Waals surface area contributed by atoms with Gasteiger partial charge in [0, 0.05) is 6.07 Å². The van der Waals surface area contributed by atoms with Gasteiger partial charge in [0.1, 0.15) is 0 Å². The Morgan fingerprint density at radius 3 is 2.00 bits per heavy atom. The summed E-state index contributed by atoms with van der Waals surface area (Å²) in [5, 5.41) is 10.1. The van der Waals surface area contributed by atoms with Gasteiger partial charge in [-0.1, -0.05) is 0 Å². The van der Waals surface area contributed by atoms with Gasteiger partial charge in [0.15, 0.2) is 11.6 Å². The Balaban J connectivity index is 3.17. The molecule has 0 atom stereocenters. The van der Waals surface area contributed by atoms with Crippen molar-refractivity contribution in [3.8, 4) is 0 Å². The lowest BCUT2D eigenvalue weighted by Gasteiger charge is -1.92. The molecule has 0 aromatic carbocycles. The highest BCUT2D eigenvalue weighted by atomic mass is 19.1.